The van der Waals surface area contributed by atoms with E-state index >= 15 is 0 Å². The van der Waals surface area contributed by atoms with Crippen molar-refractivity contribution in [2.45, 2.75) is 0 Å². The molecule has 10 heteroatoms. The number of nitriles is 1. The van der Waals surface area contributed by atoms with Gasteiger partial charge in [0.15, 0.2) is 5.65 Å². The number of ether oxygens (including phenoxy) is 1. The Hall–Kier alpha value is -4.75. The number of rotatable bonds is 3. The van der Waals surface area contributed by atoms with E-state index in [1.165, 1.54) is 0 Å². The number of pyridine rings is 2. The summed E-state index contributed by atoms with van der Waals surface area (Å²) in [4.78, 5) is 26.5. The number of hydrogen-bond donors (Lipinski definition) is 3. The standard InChI is InChI=1S/C25H20N8O2/c26-11-15-2-1-3-21-19(15)10-22(30-21)23-20-9-17(13-28-24(20)32-31-23)16-8-18(14-27-12-16)29-25(34)33-4-6-35-7-5-33/h1-3,8-10,12-14,30H,4-7H2,(H,29,34)(H,28,31,32). The Bertz CT molecular complexity index is 1610. The highest BCUT2D eigenvalue weighted by molar-refractivity contribution is 5.97. The number of anilines is 1. The number of carbonyl (C=O) groups is 1. The van der Waals surface area contributed by atoms with Crippen molar-refractivity contribution in [2.75, 3.05) is 31.6 Å². The number of carbonyl (C=O) groups excluding carboxylic acids is 1. The van der Waals surface area contributed by atoms with Crippen LogP contribution in [0.4, 0.5) is 10.5 Å². The van der Waals surface area contributed by atoms with Gasteiger partial charge in [-0.1, -0.05) is 6.07 Å². The molecule has 1 aromatic carbocycles. The molecule has 0 spiro atoms. The van der Waals surface area contributed by atoms with Crippen LogP contribution in [0.3, 0.4) is 0 Å². The van der Waals surface area contributed by atoms with E-state index in [0.29, 0.717) is 43.2 Å². The molecular weight excluding hydrogens is 444 g/mol. The number of nitrogens with one attached hydrogen (secondary N) is 3. The number of aromatic amines is 2. The molecule has 6 rings (SSSR count). The fourth-order valence-electron chi connectivity index (χ4n) is 4.29. The Kier molecular flexibility index (Phi) is 5.09. The fraction of sp³-hybridized carbons (Fsp3) is 0.160. The zero-order chi connectivity index (χ0) is 23.8. The largest absolute Gasteiger partial charge is 0.378 e. The van der Waals surface area contributed by atoms with Gasteiger partial charge in [-0.05, 0) is 30.3 Å². The number of H-pyrrole nitrogens is 2. The quantitative estimate of drug-likeness (QED) is 0.370. The summed E-state index contributed by atoms with van der Waals surface area (Å²) in [5.41, 5.74) is 5.90. The molecule has 5 heterocycles. The predicted octanol–water partition coefficient (Wildman–Crippen LogP) is 3.90. The second-order valence-electron chi connectivity index (χ2n) is 8.25. The summed E-state index contributed by atoms with van der Waals surface area (Å²) >= 11 is 0. The minimum absolute atomic E-state index is 0.173. The Morgan fingerprint density at radius 2 is 1.94 bits per heavy atom. The summed E-state index contributed by atoms with van der Waals surface area (Å²) < 4.78 is 5.31. The average Bonchev–Trinajstić information content (AvgIpc) is 3.53. The van der Waals surface area contributed by atoms with Gasteiger partial charge in [0.2, 0.25) is 0 Å². The molecular formula is C25H20N8O2. The van der Waals surface area contributed by atoms with Gasteiger partial charge in [-0.2, -0.15) is 10.4 Å². The maximum absolute atomic E-state index is 12.6. The molecule has 5 aromatic rings. The van der Waals surface area contributed by atoms with E-state index in [0.717, 1.165) is 38.8 Å². The van der Waals surface area contributed by atoms with Gasteiger partial charge in [-0.15, -0.1) is 0 Å². The fourth-order valence-corrected chi connectivity index (χ4v) is 4.29. The molecule has 0 saturated carbocycles. The van der Waals surface area contributed by atoms with Gasteiger partial charge in [0.25, 0.3) is 0 Å². The first-order valence-electron chi connectivity index (χ1n) is 11.1. The average molecular weight is 464 g/mol. The minimum Gasteiger partial charge on any atom is -0.378 e. The summed E-state index contributed by atoms with van der Waals surface area (Å²) in [7, 11) is 0. The van der Waals surface area contributed by atoms with Crippen LogP contribution in [0.15, 0.2) is 55.0 Å². The van der Waals surface area contributed by atoms with Crippen LogP contribution in [-0.2, 0) is 4.74 Å². The van der Waals surface area contributed by atoms with Crippen molar-refractivity contribution < 1.29 is 9.53 Å². The lowest BCUT2D eigenvalue weighted by atomic mass is 10.1. The van der Waals surface area contributed by atoms with Crippen LogP contribution in [0.1, 0.15) is 5.56 Å². The Morgan fingerprint density at radius 3 is 2.80 bits per heavy atom. The number of benzene rings is 1. The summed E-state index contributed by atoms with van der Waals surface area (Å²) in [6, 6.07) is 13.4. The molecule has 1 aliphatic heterocycles. The van der Waals surface area contributed by atoms with Crippen molar-refractivity contribution in [3.63, 3.8) is 0 Å². The lowest BCUT2D eigenvalue weighted by Crippen LogP contribution is -2.43. The number of morpholine rings is 1. The third-order valence-electron chi connectivity index (χ3n) is 6.08. The molecule has 35 heavy (non-hydrogen) atoms. The number of hydrogen-bond acceptors (Lipinski definition) is 6. The molecule has 1 fully saturated rings. The predicted molar refractivity (Wildman–Crippen MR) is 131 cm³/mol. The highest BCUT2D eigenvalue weighted by Gasteiger charge is 2.18. The van der Waals surface area contributed by atoms with Crippen molar-refractivity contribution in [2.24, 2.45) is 0 Å². The first kappa shape index (κ1) is 20.8. The third kappa shape index (κ3) is 3.84. The molecule has 10 nitrogen and oxygen atoms in total. The van der Waals surface area contributed by atoms with E-state index < -0.39 is 0 Å². The normalized spacial score (nSPS) is 13.7. The zero-order valence-electron chi connectivity index (χ0n) is 18.6. The van der Waals surface area contributed by atoms with Crippen LogP contribution in [0.25, 0.3) is 44.5 Å². The summed E-state index contributed by atoms with van der Waals surface area (Å²) in [5, 5.41) is 21.4. The molecule has 4 aromatic heterocycles. The summed E-state index contributed by atoms with van der Waals surface area (Å²) in [6.45, 7) is 2.20. The maximum atomic E-state index is 12.6. The topological polar surface area (TPSA) is 136 Å². The van der Waals surface area contributed by atoms with Gasteiger partial charge in [0.1, 0.15) is 0 Å². The van der Waals surface area contributed by atoms with Gasteiger partial charge >= 0.3 is 6.03 Å². The van der Waals surface area contributed by atoms with E-state index in [2.05, 4.69) is 36.5 Å². The van der Waals surface area contributed by atoms with Crippen LogP contribution in [-0.4, -0.2) is 62.4 Å². The summed E-state index contributed by atoms with van der Waals surface area (Å²) in [6.07, 6.45) is 5.08. The van der Waals surface area contributed by atoms with Gasteiger partial charge in [0.05, 0.1) is 48.1 Å². The van der Waals surface area contributed by atoms with Gasteiger partial charge in [0, 0.05) is 52.9 Å². The van der Waals surface area contributed by atoms with E-state index in [-0.39, 0.29) is 6.03 Å². The number of urea groups is 1. The molecule has 1 saturated heterocycles. The van der Waals surface area contributed by atoms with Gasteiger partial charge < -0.3 is 19.9 Å². The van der Waals surface area contributed by atoms with Crippen molar-refractivity contribution in [3.8, 4) is 28.6 Å². The van der Waals surface area contributed by atoms with Crippen LogP contribution in [0, 0.1) is 11.3 Å². The van der Waals surface area contributed by atoms with Crippen molar-refractivity contribution in [1.29, 1.82) is 5.26 Å². The second-order valence-corrected chi connectivity index (χ2v) is 8.25. The van der Waals surface area contributed by atoms with E-state index in [1.54, 1.807) is 29.6 Å². The molecule has 0 unspecified atom stereocenters. The number of amides is 2. The van der Waals surface area contributed by atoms with Crippen molar-refractivity contribution >= 4 is 33.7 Å². The first-order valence-corrected chi connectivity index (χ1v) is 11.1. The SMILES string of the molecule is N#Cc1cccc2[nH]c(-c3[nH]nc4ncc(-c5cncc(NC(=O)N6CCOCC6)c5)cc34)cc12. The highest BCUT2D eigenvalue weighted by Crippen LogP contribution is 2.32. The van der Waals surface area contributed by atoms with Crippen LogP contribution >= 0.6 is 0 Å². The lowest BCUT2D eigenvalue weighted by Gasteiger charge is -2.26. The number of aromatic nitrogens is 5. The third-order valence-corrected chi connectivity index (χ3v) is 6.08. The molecule has 0 atom stereocenters. The molecule has 172 valence electrons. The highest BCUT2D eigenvalue weighted by atomic mass is 16.5. The second kappa shape index (κ2) is 8.55. The molecule has 1 aliphatic rings. The van der Waals surface area contributed by atoms with Gasteiger partial charge in [-0.25, -0.2) is 9.78 Å². The van der Waals surface area contributed by atoms with Gasteiger partial charge in [-0.3, -0.25) is 10.1 Å². The van der Waals surface area contributed by atoms with E-state index in [1.807, 2.05) is 30.3 Å². The summed E-state index contributed by atoms with van der Waals surface area (Å²) in [5.74, 6) is 0. The molecule has 3 N–H and O–H groups in total. The van der Waals surface area contributed by atoms with Crippen LogP contribution in [0.2, 0.25) is 0 Å². The Labute approximate surface area is 199 Å². The first-order chi connectivity index (χ1) is 17.2. The molecule has 0 bridgehead atoms. The number of nitrogens with zero attached hydrogens (tertiary/aromatic N) is 5. The lowest BCUT2D eigenvalue weighted by molar-refractivity contribution is 0.0564. The smallest absolute Gasteiger partial charge is 0.322 e. The molecule has 0 aliphatic carbocycles. The Balaban J connectivity index is 1.33. The van der Waals surface area contributed by atoms with Crippen LogP contribution in [0.5, 0.6) is 0 Å². The number of fused-ring (bicyclic) bond motifs is 2. The van der Waals surface area contributed by atoms with Crippen molar-refractivity contribution in [1.82, 2.24) is 30.0 Å². The van der Waals surface area contributed by atoms with Crippen molar-refractivity contribution in [3.05, 3.63) is 60.6 Å². The molecule has 0 radical (unpaired) electrons. The van der Waals surface area contributed by atoms with E-state index in [4.69, 9.17) is 4.74 Å². The van der Waals surface area contributed by atoms with Crippen LogP contribution < -0.4 is 5.32 Å². The van der Waals surface area contributed by atoms with E-state index in [9.17, 15) is 10.1 Å². The minimum atomic E-state index is -0.173. The maximum Gasteiger partial charge on any atom is 0.322 e. The Morgan fingerprint density at radius 1 is 1.09 bits per heavy atom. The molecule has 2 amide bonds. The zero-order valence-corrected chi connectivity index (χ0v) is 18.6. The monoisotopic (exact) mass is 464 g/mol.